The number of aryl methyl sites for hydroxylation is 2. The lowest BCUT2D eigenvalue weighted by atomic mass is 10.2. The molecule has 0 aromatic heterocycles. The molecule has 0 radical (unpaired) electrons. The van der Waals surface area contributed by atoms with Crippen LogP contribution in [0.2, 0.25) is 0 Å². The van der Waals surface area contributed by atoms with Crippen molar-refractivity contribution in [3.63, 3.8) is 0 Å². The zero-order valence-corrected chi connectivity index (χ0v) is 20.5. The normalized spacial score (nSPS) is 9.07. The third-order valence-electron chi connectivity index (χ3n) is 3.42. The first-order valence-corrected chi connectivity index (χ1v) is 12.0. The molecular weight excluding hydrogens is 392 g/mol. The van der Waals surface area contributed by atoms with E-state index in [1.807, 2.05) is 66.7 Å². The summed E-state index contributed by atoms with van der Waals surface area (Å²) >= 11 is 0. The summed E-state index contributed by atoms with van der Waals surface area (Å²) in [5.41, 5.74) is 2.33. The molecule has 0 unspecified atom stereocenters. The Bertz CT molecular complexity index is 816. The van der Waals surface area contributed by atoms with E-state index in [2.05, 4.69) is 19.1 Å². The molecule has 3 aromatic rings. The largest absolute Gasteiger partial charge is 0.508 e. The first-order chi connectivity index (χ1) is 14.4. The molecule has 1 N–H and O–H groups in total. The fourth-order valence-electron chi connectivity index (χ4n) is 2.01. The lowest BCUT2D eigenvalue weighted by Gasteiger charge is -2.04. The Morgan fingerprint density at radius 3 is 1.20 bits per heavy atom. The molecule has 3 aromatic carbocycles. The second-order valence-corrected chi connectivity index (χ2v) is 7.41. The number of rotatable bonds is 2. The second-order valence-electron chi connectivity index (χ2n) is 5.47. The summed E-state index contributed by atoms with van der Waals surface area (Å²) in [4.78, 5) is 0.438. The van der Waals surface area contributed by atoms with Gasteiger partial charge in [-0.05, 0) is 50.2 Å². The van der Waals surface area contributed by atoms with Gasteiger partial charge in [-0.1, -0.05) is 95.1 Å². The Kier molecular flexibility index (Phi) is 17.1. The van der Waals surface area contributed by atoms with Crippen LogP contribution in [0.25, 0.3) is 0 Å². The van der Waals surface area contributed by atoms with E-state index in [9.17, 15) is 8.42 Å². The number of phenolic OH excluding ortho intramolecular Hbond substituents is 1. The van der Waals surface area contributed by atoms with Crippen LogP contribution in [-0.2, 0) is 9.84 Å². The molecule has 0 fully saturated rings. The molecule has 0 amide bonds. The highest BCUT2D eigenvalue weighted by molar-refractivity contribution is 7.91. The Labute approximate surface area is 184 Å². The number of benzene rings is 3. The minimum Gasteiger partial charge on any atom is -0.508 e. The van der Waals surface area contributed by atoms with Gasteiger partial charge in [0.15, 0.2) is 0 Å². The Morgan fingerprint density at radius 1 is 0.533 bits per heavy atom. The Morgan fingerprint density at radius 2 is 0.867 bits per heavy atom. The minimum absolute atomic E-state index is 0.0489. The zero-order chi connectivity index (χ0) is 23.6. The lowest BCUT2D eigenvalue weighted by molar-refractivity contribution is 0.475. The number of hydrogen-bond acceptors (Lipinski definition) is 3. The smallest absolute Gasteiger partial charge is 0.206 e. The van der Waals surface area contributed by atoms with Crippen molar-refractivity contribution in [1.29, 1.82) is 0 Å². The summed E-state index contributed by atoms with van der Waals surface area (Å²) in [6.07, 6.45) is 0. The van der Waals surface area contributed by atoms with Gasteiger partial charge in [-0.2, -0.15) is 0 Å². The Balaban J connectivity index is 0. The van der Waals surface area contributed by atoms with Gasteiger partial charge < -0.3 is 5.11 Å². The predicted octanol–water partition coefficient (Wildman–Crippen LogP) is 7.61. The van der Waals surface area contributed by atoms with Crippen molar-refractivity contribution in [3.05, 3.63) is 90.0 Å². The molecule has 0 saturated carbocycles. The van der Waals surface area contributed by atoms with Gasteiger partial charge in [0.25, 0.3) is 0 Å². The van der Waals surface area contributed by atoms with Gasteiger partial charge in [0.1, 0.15) is 5.75 Å². The van der Waals surface area contributed by atoms with Crippen LogP contribution >= 0.6 is 0 Å². The van der Waals surface area contributed by atoms with Gasteiger partial charge in [-0.15, -0.1) is 0 Å². The van der Waals surface area contributed by atoms with Crippen LogP contribution in [0, 0.1) is 13.8 Å². The highest BCUT2D eigenvalue weighted by Gasteiger charge is 2.16. The highest BCUT2D eigenvalue weighted by atomic mass is 32.2. The maximum absolute atomic E-state index is 12.2. The van der Waals surface area contributed by atoms with Crippen molar-refractivity contribution >= 4 is 9.84 Å². The van der Waals surface area contributed by atoms with Gasteiger partial charge in [-0.25, -0.2) is 8.42 Å². The van der Waals surface area contributed by atoms with Crippen LogP contribution in [0.3, 0.4) is 0 Å². The van der Waals surface area contributed by atoms with Crippen molar-refractivity contribution in [3.8, 4) is 5.75 Å². The summed E-state index contributed by atoms with van der Waals surface area (Å²) in [6.45, 7) is 16.0. The molecule has 0 atom stereocenters. The third-order valence-corrected chi connectivity index (χ3v) is 5.20. The van der Waals surface area contributed by atoms with Crippen molar-refractivity contribution in [2.75, 3.05) is 0 Å². The molecule has 0 heterocycles. The van der Waals surface area contributed by atoms with E-state index in [-0.39, 0.29) is 15.5 Å². The van der Waals surface area contributed by atoms with Crippen LogP contribution < -0.4 is 0 Å². The maximum Gasteiger partial charge on any atom is 0.206 e. The SMILES string of the molecule is CC.CC.CC.Cc1ccc(S(=O)(=O)c2ccc(O)cc2)cc1.Cc1ccccc1. The molecule has 3 nitrogen and oxygen atoms in total. The summed E-state index contributed by atoms with van der Waals surface area (Å²) in [5, 5.41) is 9.13. The number of sulfone groups is 1. The van der Waals surface area contributed by atoms with E-state index < -0.39 is 9.84 Å². The molecule has 0 aliphatic rings. The van der Waals surface area contributed by atoms with Crippen LogP contribution in [0.15, 0.2) is 88.7 Å². The quantitative estimate of drug-likeness (QED) is 0.455. The van der Waals surface area contributed by atoms with Crippen molar-refractivity contribution < 1.29 is 13.5 Å². The van der Waals surface area contributed by atoms with Crippen LogP contribution in [0.4, 0.5) is 0 Å². The van der Waals surface area contributed by atoms with Crippen molar-refractivity contribution in [2.24, 2.45) is 0 Å². The molecular formula is C26H38O3S. The van der Waals surface area contributed by atoms with E-state index in [1.54, 1.807) is 24.3 Å². The molecule has 30 heavy (non-hydrogen) atoms. The average molecular weight is 431 g/mol. The Hall–Kier alpha value is -2.59. The number of aromatic hydroxyl groups is 1. The molecule has 3 rings (SSSR count). The highest BCUT2D eigenvalue weighted by Crippen LogP contribution is 2.22. The van der Waals surface area contributed by atoms with Gasteiger partial charge in [0, 0.05) is 0 Å². The van der Waals surface area contributed by atoms with E-state index >= 15 is 0 Å². The van der Waals surface area contributed by atoms with E-state index in [0.29, 0.717) is 0 Å². The monoisotopic (exact) mass is 430 g/mol. The number of hydrogen-bond donors (Lipinski definition) is 1. The average Bonchev–Trinajstić information content (AvgIpc) is 2.79. The maximum atomic E-state index is 12.2. The molecule has 0 saturated heterocycles. The van der Waals surface area contributed by atoms with Crippen molar-refractivity contribution in [2.45, 2.75) is 65.2 Å². The molecule has 0 aliphatic heterocycles. The van der Waals surface area contributed by atoms with E-state index in [1.165, 1.54) is 29.8 Å². The second kappa shape index (κ2) is 17.3. The van der Waals surface area contributed by atoms with Crippen LogP contribution in [0.5, 0.6) is 5.75 Å². The summed E-state index contributed by atoms with van der Waals surface area (Å²) in [6, 6.07) is 22.4. The van der Waals surface area contributed by atoms with Crippen LogP contribution in [0.1, 0.15) is 52.7 Å². The molecule has 0 bridgehead atoms. The fourth-order valence-corrected chi connectivity index (χ4v) is 3.27. The predicted molar refractivity (Wildman–Crippen MR) is 130 cm³/mol. The summed E-state index contributed by atoms with van der Waals surface area (Å²) in [5.74, 6) is 0.0489. The lowest BCUT2D eigenvalue weighted by Crippen LogP contribution is -2.01. The van der Waals surface area contributed by atoms with Gasteiger partial charge in [0.2, 0.25) is 9.84 Å². The first-order valence-electron chi connectivity index (χ1n) is 10.5. The minimum atomic E-state index is -3.48. The van der Waals surface area contributed by atoms with Crippen LogP contribution in [-0.4, -0.2) is 13.5 Å². The first kappa shape index (κ1) is 29.6. The molecule has 4 heteroatoms. The third kappa shape index (κ3) is 10.8. The topological polar surface area (TPSA) is 54.4 Å². The fraction of sp³-hybridized carbons (Fsp3) is 0.308. The van der Waals surface area contributed by atoms with E-state index in [0.717, 1.165) is 5.56 Å². The van der Waals surface area contributed by atoms with Gasteiger partial charge in [0.05, 0.1) is 9.79 Å². The summed E-state index contributed by atoms with van der Waals surface area (Å²) in [7, 11) is -3.48. The molecule has 0 aliphatic carbocycles. The van der Waals surface area contributed by atoms with E-state index in [4.69, 9.17) is 5.11 Å². The van der Waals surface area contributed by atoms with Gasteiger partial charge in [-0.3, -0.25) is 0 Å². The standard InChI is InChI=1S/C13H12O3S.C7H8.3C2H6/c1-10-2-6-12(7-3-10)17(15,16)13-8-4-11(14)5-9-13;1-7-5-3-2-4-6-7;3*1-2/h2-9,14H,1H3;2-6H,1H3;3*1-2H3. The number of phenols is 1. The van der Waals surface area contributed by atoms with Gasteiger partial charge >= 0.3 is 0 Å². The van der Waals surface area contributed by atoms with Crippen molar-refractivity contribution in [1.82, 2.24) is 0 Å². The zero-order valence-electron chi connectivity index (χ0n) is 19.7. The molecule has 166 valence electrons. The summed E-state index contributed by atoms with van der Waals surface area (Å²) < 4.78 is 24.3. The molecule has 0 spiro atoms.